The Morgan fingerprint density at radius 1 is 0.875 bits per heavy atom. The van der Waals surface area contributed by atoms with Crippen molar-refractivity contribution in [3.05, 3.63) is 88.9 Å². The smallest absolute Gasteiger partial charge is 0.245 e. The van der Waals surface area contributed by atoms with Gasteiger partial charge in [0, 0.05) is 44.3 Å². The van der Waals surface area contributed by atoms with Crippen molar-refractivity contribution in [3.8, 4) is 0 Å². The number of carbonyl (C=O) groups is 1. The Morgan fingerprint density at radius 2 is 1.60 bits per heavy atom. The molecule has 0 bridgehead atoms. The van der Waals surface area contributed by atoms with Crippen LogP contribution in [-0.2, 0) is 14.8 Å². The average molecular weight is 580 g/mol. The Labute approximate surface area is 238 Å². The van der Waals surface area contributed by atoms with Crippen LogP contribution in [0.2, 0.25) is 5.02 Å². The van der Waals surface area contributed by atoms with Gasteiger partial charge in [-0.3, -0.25) is 9.69 Å². The van der Waals surface area contributed by atoms with Crippen LogP contribution < -0.4 is 0 Å². The van der Waals surface area contributed by atoms with Gasteiger partial charge in [-0.1, -0.05) is 60.1 Å². The minimum atomic E-state index is -3.86. The molecule has 3 aromatic carbocycles. The first-order valence-electron chi connectivity index (χ1n) is 13.5. The minimum absolute atomic E-state index is 0.0172. The van der Waals surface area contributed by atoms with Gasteiger partial charge in [0.15, 0.2) is 5.52 Å². The molecule has 0 aliphatic carbocycles. The molecule has 6 rings (SSSR count). The molecule has 0 saturated carbocycles. The topological polar surface area (TPSA) is 99.8 Å². The predicted octanol–water partition coefficient (Wildman–Crippen LogP) is 4.21. The van der Waals surface area contributed by atoms with Crippen molar-refractivity contribution in [2.24, 2.45) is 5.92 Å². The van der Waals surface area contributed by atoms with E-state index < -0.39 is 10.0 Å². The van der Waals surface area contributed by atoms with Crippen LogP contribution in [0.4, 0.5) is 0 Å². The average Bonchev–Trinajstić information content (AvgIpc) is 3.48. The molecule has 11 heteroatoms. The number of sulfonamides is 1. The van der Waals surface area contributed by atoms with Crippen molar-refractivity contribution in [2.75, 3.05) is 39.3 Å². The molecule has 2 saturated heterocycles. The van der Waals surface area contributed by atoms with Gasteiger partial charge in [-0.2, -0.15) is 4.31 Å². The number of fused-ring (bicyclic) bond motifs is 1. The molecule has 0 N–H and O–H groups in total. The summed E-state index contributed by atoms with van der Waals surface area (Å²) in [6.07, 6.45) is 1.29. The van der Waals surface area contributed by atoms with Crippen LogP contribution in [0.5, 0.6) is 0 Å². The molecular formula is C29H30ClN5O4S. The van der Waals surface area contributed by atoms with Crippen LogP contribution >= 0.6 is 11.6 Å². The molecule has 9 nitrogen and oxygen atoms in total. The number of benzene rings is 3. The van der Waals surface area contributed by atoms with Crippen LogP contribution in [0, 0.1) is 5.92 Å². The molecular weight excluding hydrogens is 550 g/mol. The highest BCUT2D eigenvalue weighted by atomic mass is 35.5. The monoisotopic (exact) mass is 579 g/mol. The van der Waals surface area contributed by atoms with Crippen molar-refractivity contribution in [3.63, 3.8) is 0 Å². The SMILES string of the molecule is O=C([C@H]1CCCN(S(=O)(=O)c2cccc3nonc23)C1)N1CCN([C@@H](c2ccccc2)c2ccc(Cl)cc2)CC1. The van der Waals surface area contributed by atoms with E-state index in [2.05, 4.69) is 39.5 Å². The Hall–Kier alpha value is -3.31. The van der Waals surface area contributed by atoms with Crippen LogP contribution in [0.1, 0.15) is 30.0 Å². The number of halogens is 1. The standard InChI is InChI=1S/C29H30ClN5O4S/c30-24-13-11-22(12-14-24)28(21-6-2-1-3-7-21)33-16-18-34(19-17-33)29(36)23-8-5-15-35(20-23)40(37,38)26-10-4-9-25-27(26)32-39-31-25/h1-4,6-7,9-14,23,28H,5,8,15-20H2/t23-,28-/m0/s1. The van der Waals surface area contributed by atoms with E-state index in [-0.39, 0.29) is 34.8 Å². The lowest BCUT2D eigenvalue weighted by atomic mass is 9.95. The molecule has 0 radical (unpaired) electrons. The van der Waals surface area contributed by atoms with Crippen LogP contribution in [0.15, 0.2) is 82.3 Å². The summed E-state index contributed by atoms with van der Waals surface area (Å²) in [5, 5.41) is 8.26. The van der Waals surface area contributed by atoms with Crippen LogP contribution in [0.25, 0.3) is 11.0 Å². The highest BCUT2D eigenvalue weighted by molar-refractivity contribution is 7.89. The van der Waals surface area contributed by atoms with Crippen LogP contribution in [0.3, 0.4) is 0 Å². The Kier molecular flexibility index (Phi) is 7.59. The Bertz CT molecular complexity index is 1590. The maximum atomic E-state index is 13.6. The molecule has 0 unspecified atom stereocenters. The molecule has 2 aliphatic heterocycles. The summed E-state index contributed by atoms with van der Waals surface area (Å²) in [5.41, 5.74) is 2.94. The van der Waals surface area contributed by atoms with E-state index in [1.165, 1.54) is 15.9 Å². The van der Waals surface area contributed by atoms with Gasteiger partial charge in [0.1, 0.15) is 10.4 Å². The fourth-order valence-electron chi connectivity index (χ4n) is 5.84. The number of rotatable bonds is 6. The predicted molar refractivity (Wildman–Crippen MR) is 151 cm³/mol. The first-order valence-corrected chi connectivity index (χ1v) is 15.3. The van der Waals surface area contributed by atoms with E-state index >= 15 is 0 Å². The third kappa shape index (κ3) is 5.24. The molecule has 208 valence electrons. The zero-order valence-corrected chi connectivity index (χ0v) is 23.5. The second kappa shape index (κ2) is 11.3. The molecule has 0 spiro atoms. The van der Waals surface area contributed by atoms with Crippen molar-refractivity contribution in [2.45, 2.75) is 23.8 Å². The van der Waals surface area contributed by atoms with E-state index in [1.807, 2.05) is 35.2 Å². The second-order valence-corrected chi connectivity index (χ2v) is 12.7. The van der Waals surface area contributed by atoms with Crippen molar-refractivity contribution in [1.82, 2.24) is 24.4 Å². The Morgan fingerprint density at radius 3 is 2.35 bits per heavy atom. The minimum Gasteiger partial charge on any atom is -0.340 e. The van der Waals surface area contributed by atoms with Crippen LogP contribution in [-0.4, -0.2) is 78.0 Å². The van der Waals surface area contributed by atoms with Gasteiger partial charge in [0.05, 0.1) is 12.0 Å². The summed E-state index contributed by atoms with van der Waals surface area (Å²) < 4.78 is 33.2. The molecule has 3 heterocycles. The number of amides is 1. The molecule has 2 fully saturated rings. The second-order valence-electron chi connectivity index (χ2n) is 10.3. The Balaban J connectivity index is 1.14. The largest absolute Gasteiger partial charge is 0.340 e. The molecule has 40 heavy (non-hydrogen) atoms. The number of aromatic nitrogens is 2. The molecule has 2 atom stereocenters. The van der Waals surface area contributed by atoms with E-state index in [4.69, 9.17) is 16.2 Å². The highest BCUT2D eigenvalue weighted by Crippen LogP contribution is 2.32. The van der Waals surface area contributed by atoms with E-state index in [1.54, 1.807) is 12.1 Å². The van der Waals surface area contributed by atoms with E-state index in [0.717, 1.165) is 5.56 Å². The fraction of sp³-hybridized carbons (Fsp3) is 0.345. The highest BCUT2D eigenvalue weighted by Gasteiger charge is 2.37. The number of piperazine rings is 1. The zero-order valence-electron chi connectivity index (χ0n) is 21.9. The first kappa shape index (κ1) is 26.9. The zero-order chi connectivity index (χ0) is 27.7. The first-order chi connectivity index (χ1) is 19.4. The van der Waals surface area contributed by atoms with E-state index in [0.29, 0.717) is 56.1 Å². The maximum absolute atomic E-state index is 13.6. The maximum Gasteiger partial charge on any atom is 0.245 e. The van der Waals surface area contributed by atoms with Gasteiger partial charge < -0.3 is 4.90 Å². The summed E-state index contributed by atoms with van der Waals surface area (Å²) in [4.78, 5) is 18.0. The van der Waals surface area contributed by atoms with E-state index in [9.17, 15) is 13.2 Å². The summed E-state index contributed by atoms with van der Waals surface area (Å²) in [7, 11) is -3.86. The summed E-state index contributed by atoms with van der Waals surface area (Å²) in [5.74, 6) is -0.366. The molecule has 1 aromatic heterocycles. The fourth-order valence-corrected chi connectivity index (χ4v) is 7.63. The third-order valence-electron chi connectivity index (χ3n) is 7.89. The van der Waals surface area contributed by atoms with Crippen molar-refractivity contribution in [1.29, 1.82) is 0 Å². The number of hydrogen-bond acceptors (Lipinski definition) is 7. The number of nitrogens with zero attached hydrogens (tertiary/aromatic N) is 5. The van der Waals surface area contributed by atoms with Gasteiger partial charge in [-0.25, -0.2) is 13.0 Å². The summed E-state index contributed by atoms with van der Waals surface area (Å²) in [6, 6.07) is 23.1. The van der Waals surface area contributed by atoms with Gasteiger partial charge in [0.2, 0.25) is 15.9 Å². The lowest BCUT2D eigenvalue weighted by Gasteiger charge is -2.41. The molecule has 1 amide bonds. The lowest BCUT2D eigenvalue weighted by Crippen LogP contribution is -2.53. The van der Waals surface area contributed by atoms with Gasteiger partial charge in [0.25, 0.3) is 0 Å². The third-order valence-corrected chi connectivity index (χ3v) is 10.0. The molecule has 2 aliphatic rings. The normalized spacial score (nSPS) is 20.0. The lowest BCUT2D eigenvalue weighted by molar-refractivity contribution is -0.138. The van der Waals surface area contributed by atoms with Crippen molar-refractivity contribution < 1.29 is 17.8 Å². The number of hydrogen-bond donors (Lipinski definition) is 0. The number of carbonyl (C=O) groups excluding carboxylic acids is 1. The number of piperidine rings is 1. The quantitative estimate of drug-likeness (QED) is 0.337. The summed E-state index contributed by atoms with van der Waals surface area (Å²) >= 11 is 6.16. The van der Waals surface area contributed by atoms with Crippen molar-refractivity contribution >= 4 is 38.6 Å². The van der Waals surface area contributed by atoms with Gasteiger partial charge in [-0.15, -0.1) is 0 Å². The molecule has 4 aromatic rings. The van der Waals surface area contributed by atoms with Gasteiger partial charge in [-0.05, 0) is 58.5 Å². The summed E-state index contributed by atoms with van der Waals surface area (Å²) in [6.45, 7) is 3.11. The van der Waals surface area contributed by atoms with Gasteiger partial charge >= 0.3 is 0 Å².